The van der Waals surface area contributed by atoms with Gasteiger partial charge in [0, 0.05) is 11.6 Å². The molecule has 0 spiro atoms. The Morgan fingerprint density at radius 3 is 2.68 bits per heavy atom. The minimum absolute atomic E-state index is 0.418. The molecule has 0 unspecified atom stereocenters. The number of aromatic nitrogens is 2. The first-order valence-electron chi connectivity index (χ1n) is 5.93. The fourth-order valence-electron chi connectivity index (χ4n) is 2.14. The molecular formula is C15H11ClN2O. The smallest absolute Gasteiger partial charge is 0.185 e. The van der Waals surface area contributed by atoms with Crippen LogP contribution < -0.4 is 0 Å². The second-order valence-corrected chi connectivity index (χ2v) is 4.73. The van der Waals surface area contributed by atoms with Crippen molar-refractivity contribution in [3.8, 4) is 0 Å². The van der Waals surface area contributed by atoms with Gasteiger partial charge in [0.1, 0.15) is 0 Å². The summed E-state index contributed by atoms with van der Waals surface area (Å²) in [6.45, 7) is 0.618. The Labute approximate surface area is 115 Å². The van der Waals surface area contributed by atoms with Crippen LogP contribution in [0, 0.1) is 0 Å². The van der Waals surface area contributed by atoms with E-state index in [9.17, 15) is 4.79 Å². The van der Waals surface area contributed by atoms with Crippen LogP contribution in [0.1, 0.15) is 16.2 Å². The van der Waals surface area contributed by atoms with Gasteiger partial charge >= 0.3 is 0 Å². The van der Waals surface area contributed by atoms with Gasteiger partial charge < -0.3 is 4.57 Å². The maximum absolute atomic E-state index is 11.2. The van der Waals surface area contributed by atoms with E-state index in [1.54, 1.807) is 6.07 Å². The van der Waals surface area contributed by atoms with Crippen molar-refractivity contribution in [2.75, 3.05) is 0 Å². The Kier molecular flexibility index (Phi) is 3.05. The second-order valence-electron chi connectivity index (χ2n) is 4.29. The molecule has 0 saturated carbocycles. The lowest BCUT2D eigenvalue weighted by Gasteiger charge is -2.06. The molecule has 4 heteroatoms. The number of fused-ring (bicyclic) bond motifs is 1. The highest BCUT2D eigenvalue weighted by Gasteiger charge is 2.10. The zero-order valence-electron chi connectivity index (χ0n) is 10.1. The molecule has 19 heavy (non-hydrogen) atoms. The molecule has 94 valence electrons. The molecule has 3 aromatic rings. The molecule has 0 aliphatic heterocycles. The fourth-order valence-corrected chi connectivity index (χ4v) is 2.31. The van der Waals surface area contributed by atoms with Gasteiger partial charge in [0.05, 0.1) is 11.0 Å². The molecule has 3 rings (SSSR count). The molecule has 0 aliphatic rings. The van der Waals surface area contributed by atoms with Gasteiger partial charge in [0.15, 0.2) is 12.1 Å². The van der Waals surface area contributed by atoms with Crippen LogP contribution in [0.5, 0.6) is 0 Å². The van der Waals surface area contributed by atoms with E-state index in [0.29, 0.717) is 17.4 Å². The Morgan fingerprint density at radius 1 is 1.16 bits per heavy atom. The van der Waals surface area contributed by atoms with Crippen LogP contribution in [0.2, 0.25) is 5.02 Å². The summed E-state index contributed by atoms with van der Waals surface area (Å²) in [5, 5.41) is 0.620. The van der Waals surface area contributed by atoms with Gasteiger partial charge in [-0.3, -0.25) is 4.79 Å². The Morgan fingerprint density at radius 2 is 1.95 bits per heavy atom. The molecule has 0 radical (unpaired) electrons. The summed E-state index contributed by atoms with van der Waals surface area (Å²) >= 11 is 5.95. The molecule has 0 aliphatic carbocycles. The molecule has 0 N–H and O–H groups in total. The van der Waals surface area contributed by atoms with E-state index in [2.05, 4.69) is 4.98 Å². The van der Waals surface area contributed by atoms with Crippen molar-refractivity contribution in [3.05, 3.63) is 64.9 Å². The van der Waals surface area contributed by atoms with E-state index in [4.69, 9.17) is 11.6 Å². The van der Waals surface area contributed by atoms with E-state index in [0.717, 1.165) is 22.9 Å². The Hall–Kier alpha value is -2.13. The molecular weight excluding hydrogens is 260 g/mol. The topological polar surface area (TPSA) is 34.9 Å². The van der Waals surface area contributed by atoms with E-state index < -0.39 is 0 Å². The minimum atomic E-state index is 0.418. The lowest BCUT2D eigenvalue weighted by molar-refractivity contribution is 0.111. The summed E-state index contributed by atoms with van der Waals surface area (Å²) in [5.74, 6) is 0.418. The van der Waals surface area contributed by atoms with E-state index in [1.165, 1.54) is 0 Å². The molecule has 3 nitrogen and oxygen atoms in total. The summed E-state index contributed by atoms with van der Waals surface area (Å²) in [7, 11) is 0. The van der Waals surface area contributed by atoms with Gasteiger partial charge in [-0.1, -0.05) is 41.9 Å². The van der Waals surface area contributed by atoms with Crippen molar-refractivity contribution in [2.45, 2.75) is 6.54 Å². The molecule has 0 bridgehead atoms. The SMILES string of the molecule is O=Cc1nc2cc(Cl)ccc2n1Cc1ccccc1. The quantitative estimate of drug-likeness (QED) is 0.682. The average Bonchev–Trinajstić information content (AvgIpc) is 2.77. The van der Waals surface area contributed by atoms with Crippen molar-refractivity contribution in [3.63, 3.8) is 0 Å². The number of benzene rings is 2. The van der Waals surface area contributed by atoms with Gasteiger partial charge in [-0.25, -0.2) is 4.98 Å². The lowest BCUT2D eigenvalue weighted by atomic mass is 10.2. The second kappa shape index (κ2) is 4.86. The number of carbonyl (C=O) groups excluding carboxylic acids is 1. The molecule has 0 atom stereocenters. The van der Waals surface area contributed by atoms with Crippen LogP contribution >= 0.6 is 11.6 Å². The van der Waals surface area contributed by atoms with Gasteiger partial charge in [-0.2, -0.15) is 0 Å². The third kappa shape index (κ3) is 2.25. The van der Waals surface area contributed by atoms with Gasteiger partial charge in [-0.15, -0.1) is 0 Å². The van der Waals surface area contributed by atoms with Crippen molar-refractivity contribution >= 4 is 28.9 Å². The van der Waals surface area contributed by atoms with Crippen LogP contribution in [0.15, 0.2) is 48.5 Å². The molecule has 0 saturated heterocycles. The summed E-state index contributed by atoms with van der Waals surface area (Å²) < 4.78 is 1.90. The van der Waals surface area contributed by atoms with Crippen LogP contribution in [0.25, 0.3) is 11.0 Å². The monoisotopic (exact) mass is 270 g/mol. The molecule has 0 fully saturated rings. The Bertz CT molecular complexity index is 734. The van der Waals surface area contributed by atoms with E-state index in [1.807, 2.05) is 47.0 Å². The highest BCUT2D eigenvalue weighted by molar-refractivity contribution is 6.31. The van der Waals surface area contributed by atoms with Crippen LogP contribution in [0.4, 0.5) is 0 Å². The first-order chi connectivity index (χ1) is 9.28. The third-order valence-corrected chi connectivity index (χ3v) is 3.26. The fraction of sp³-hybridized carbons (Fsp3) is 0.0667. The standard InChI is InChI=1S/C15H11ClN2O/c16-12-6-7-14-13(8-12)17-15(10-19)18(14)9-11-4-2-1-3-5-11/h1-8,10H,9H2. The number of rotatable bonds is 3. The van der Waals surface area contributed by atoms with Gasteiger partial charge in [0.2, 0.25) is 0 Å². The van der Waals surface area contributed by atoms with Gasteiger partial charge in [0.25, 0.3) is 0 Å². The van der Waals surface area contributed by atoms with Crippen LogP contribution in [-0.4, -0.2) is 15.8 Å². The maximum atomic E-state index is 11.2. The summed E-state index contributed by atoms with van der Waals surface area (Å²) in [4.78, 5) is 15.5. The minimum Gasteiger partial charge on any atom is -0.317 e. The molecule has 2 aromatic carbocycles. The zero-order chi connectivity index (χ0) is 13.2. The number of hydrogen-bond acceptors (Lipinski definition) is 2. The molecule has 1 heterocycles. The normalized spacial score (nSPS) is 10.8. The summed E-state index contributed by atoms with van der Waals surface area (Å²) in [6, 6.07) is 15.4. The van der Waals surface area contributed by atoms with Crippen LogP contribution in [-0.2, 0) is 6.54 Å². The number of carbonyl (C=O) groups is 1. The summed E-state index contributed by atoms with van der Waals surface area (Å²) in [5.41, 5.74) is 2.78. The van der Waals surface area contributed by atoms with Gasteiger partial charge in [-0.05, 0) is 23.8 Å². The first kappa shape index (κ1) is 11.9. The number of imidazole rings is 1. The Balaban J connectivity index is 2.13. The van der Waals surface area contributed by atoms with E-state index in [-0.39, 0.29) is 0 Å². The highest BCUT2D eigenvalue weighted by Crippen LogP contribution is 2.21. The number of hydrogen-bond donors (Lipinski definition) is 0. The third-order valence-electron chi connectivity index (χ3n) is 3.03. The van der Waals surface area contributed by atoms with Crippen molar-refractivity contribution in [2.24, 2.45) is 0 Å². The first-order valence-corrected chi connectivity index (χ1v) is 6.30. The van der Waals surface area contributed by atoms with Crippen molar-refractivity contribution in [1.29, 1.82) is 0 Å². The number of aldehydes is 1. The highest BCUT2D eigenvalue weighted by atomic mass is 35.5. The van der Waals surface area contributed by atoms with Crippen LogP contribution in [0.3, 0.4) is 0 Å². The van der Waals surface area contributed by atoms with E-state index >= 15 is 0 Å². The predicted molar refractivity (Wildman–Crippen MR) is 75.7 cm³/mol. The van der Waals surface area contributed by atoms with Crippen molar-refractivity contribution in [1.82, 2.24) is 9.55 Å². The molecule has 0 amide bonds. The zero-order valence-corrected chi connectivity index (χ0v) is 10.8. The predicted octanol–water partition coefficient (Wildman–Crippen LogP) is 3.55. The lowest BCUT2D eigenvalue weighted by Crippen LogP contribution is -2.04. The number of halogens is 1. The largest absolute Gasteiger partial charge is 0.317 e. The summed E-state index contributed by atoms with van der Waals surface area (Å²) in [6.07, 6.45) is 0.775. The maximum Gasteiger partial charge on any atom is 0.185 e. The average molecular weight is 271 g/mol. The van der Waals surface area contributed by atoms with Crippen molar-refractivity contribution < 1.29 is 4.79 Å². The number of nitrogens with zero attached hydrogens (tertiary/aromatic N) is 2. The molecule has 1 aromatic heterocycles.